The molecule has 0 N–H and O–H groups in total. The predicted octanol–water partition coefficient (Wildman–Crippen LogP) is 3.90. The highest BCUT2D eigenvalue weighted by Crippen LogP contribution is 2.23. The summed E-state index contributed by atoms with van der Waals surface area (Å²) in [5, 5.41) is 0.410. The lowest BCUT2D eigenvalue weighted by Crippen LogP contribution is -2.41. The number of hydrogen-bond acceptors (Lipinski definition) is 6. The molecule has 1 saturated heterocycles. The first kappa shape index (κ1) is 19.6. The second-order valence-electron chi connectivity index (χ2n) is 7.87. The lowest BCUT2D eigenvalue weighted by Gasteiger charge is -2.30. The van der Waals surface area contributed by atoms with Crippen LogP contribution >= 0.6 is 11.6 Å². The molecule has 0 radical (unpaired) electrons. The summed E-state index contributed by atoms with van der Waals surface area (Å²) in [5.41, 5.74) is 0.784. The van der Waals surface area contributed by atoms with Gasteiger partial charge in [0.1, 0.15) is 22.1 Å². The monoisotopic (exact) mass is 391 g/mol. The lowest BCUT2D eigenvalue weighted by molar-refractivity contribution is 0.0212. The molecule has 7 nitrogen and oxygen atoms in total. The number of anilines is 1. The molecule has 0 spiro atoms. The first-order valence-electron chi connectivity index (χ1n) is 9.23. The third kappa shape index (κ3) is 4.97. The van der Waals surface area contributed by atoms with Gasteiger partial charge in [0.25, 0.3) is 0 Å². The van der Waals surface area contributed by atoms with Gasteiger partial charge in [0.05, 0.1) is 6.20 Å². The third-order valence-electron chi connectivity index (χ3n) is 4.61. The minimum Gasteiger partial charge on any atom is -0.444 e. The van der Waals surface area contributed by atoms with Gasteiger partial charge in [-0.05, 0) is 52.2 Å². The van der Waals surface area contributed by atoms with Crippen LogP contribution in [-0.2, 0) is 4.74 Å². The van der Waals surface area contributed by atoms with Gasteiger partial charge < -0.3 is 14.5 Å². The second kappa shape index (κ2) is 7.84. The van der Waals surface area contributed by atoms with Gasteiger partial charge in [-0.25, -0.2) is 19.7 Å². The summed E-state index contributed by atoms with van der Waals surface area (Å²) in [5.74, 6) is 0.826. The molecule has 3 rings (SSSR count). The van der Waals surface area contributed by atoms with E-state index >= 15 is 0 Å². The number of carbonyl (C=O) groups is 1. The van der Waals surface area contributed by atoms with E-state index in [1.54, 1.807) is 17.2 Å². The zero-order chi connectivity index (χ0) is 19.6. The highest BCUT2D eigenvalue weighted by atomic mass is 35.5. The van der Waals surface area contributed by atoms with Crippen LogP contribution in [0.5, 0.6) is 0 Å². The van der Waals surface area contributed by atoms with Crippen molar-refractivity contribution in [2.45, 2.75) is 51.7 Å². The Morgan fingerprint density at radius 1 is 1.26 bits per heavy atom. The summed E-state index contributed by atoms with van der Waals surface area (Å²) in [6, 6.07) is 3.70. The smallest absolute Gasteiger partial charge is 0.410 e. The van der Waals surface area contributed by atoms with Crippen LogP contribution < -0.4 is 4.90 Å². The molecule has 27 heavy (non-hydrogen) atoms. The molecular weight excluding hydrogens is 366 g/mol. The van der Waals surface area contributed by atoms with Crippen molar-refractivity contribution in [3.8, 4) is 0 Å². The van der Waals surface area contributed by atoms with Gasteiger partial charge in [0.2, 0.25) is 0 Å². The van der Waals surface area contributed by atoms with E-state index in [0.29, 0.717) is 10.8 Å². The molecule has 1 amide bonds. The fourth-order valence-corrected chi connectivity index (χ4v) is 3.34. The van der Waals surface area contributed by atoms with Gasteiger partial charge >= 0.3 is 6.09 Å². The number of hydrogen-bond donors (Lipinski definition) is 0. The van der Waals surface area contributed by atoms with Crippen molar-refractivity contribution in [3.05, 3.63) is 23.5 Å². The van der Waals surface area contributed by atoms with Crippen molar-refractivity contribution >= 4 is 34.7 Å². The van der Waals surface area contributed by atoms with Crippen LogP contribution in [0.25, 0.3) is 11.2 Å². The van der Waals surface area contributed by atoms with Crippen molar-refractivity contribution < 1.29 is 9.53 Å². The number of rotatable bonds is 2. The zero-order valence-corrected chi connectivity index (χ0v) is 17.0. The SMILES string of the molecule is CN(C(=O)OC(C)(C)C)[C@H]1CCCN(c2cnc3nc(Cl)ccc3n2)CC1. The van der Waals surface area contributed by atoms with Crippen LogP contribution in [0, 0.1) is 0 Å². The topological polar surface area (TPSA) is 71.5 Å². The Bertz CT molecular complexity index is 823. The predicted molar refractivity (Wildman–Crippen MR) is 106 cm³/mol. The van der Waals surface area contributed by atoms with E-state index in [9.17, 15) is 4.79 Å². The Balaban J connectivity index is 1.67. The van der Waals surface area contributed by atoms with Crippen LogP contribution in [0.1, 0.15) is 40.0 Å². The van der Waals surface area contributed by atoms with Crippen LogP contribution in [0.3, 0.4) is 0 Å². The Morgan fingerprint density at radius 3 is 2.78 bits per heavy atom. The summed E-state index contributed by atoms with van der Waals surface area (Å²) in [6.07, 6.45) is 4.23. The number of amides is 1. The molecule has 8 heteroatoms. The zero-order valence-electron chi connectivity index (χ0n) is 16.3. The molecule has 3 heterocycles. The Morgan fingerprint density at radius 2 is 2.04 bits per heavy atom. The number of halogens is 1. The van der Waals surface area contributed by atoms with Gasteiger partial charge in [-0.3, -0.25) is 0 Å². The van der Waals surface area contributed by atoms with Gasteiger partial charge in [-0.15, -0.1) is 0 Å². The summed E-state index contributed by atoms with van der Waals surface area (Å²) < 4.78 is 5.50. The Kier molecular flexibility index (Phi) is 5.69. The largest absolute Gasteiger partial charge is 0.444 e. The third-order valence-corrected chi connectivity index (χ3v) is 4.82. The molecule has 146 valence electrons. The molecule has 1 atom stereocenters. The first-order valence-corrected chi connectivity index (χ1v) is 9.61. The van der Waals surface area contributed by atoms with Crippen LogP contribution in [0.4, 0.5) is 10.6 Å². The normalized spacial score (nSPS) is 18.3. The maximum Gasteiger partial charge on any atom is 0.410 e. The first-order chi connectivity index (χ1) is 12.7. The van der Waals surface area contributed by atoms with E-state index in [0.717, 1.165) is 43.7 Å². The summed E-state index contributed by atoms with van der Waals surface area (Å²) in [6.45, 7) is 7.33. The van der Waals surface area contributed by atoms with E-state index in [2.05, 4.69) is 19.9 Å². The molecule has 0 aromatic carbocycles. The van der Waals surface area contributed by atoms with Crippen molar-refractivity contribution in [2.24, 2.45) is 0 Å². The highest BCUT2D eigenvalue weighted by Gasteiger charge is 2.27. The number of fused-ring (bicyclic) bond motifs is 1. The maximum absolute atomic E-state index is 12.3. The number of ether oxygens (including phenoxy) is 1. The number of aromatic nitrogens is 3. The minimum absolute atomic E-state index is 0.152. The molecular formula is C19H26ClN5O2. The van der Waals surface area contributed by atoms with Crippen molar-refractivity contribution in [2.75, 3.05) is 25.0 Å². The minimum atomic E-state index is -0.486. The fraction of sp³-hybridized carbons (Fsp3) is 0.579. The standard InChI is InChI=1S/C19H26ClN5O2/c1-19(2,3)27-18(26)24(4)13-6-5-10-25(11-9-13)16-12-21-17-14(22-16)7-8-15(20)23-17/h7-8,12-13H,5-6,9-11H2,1-4H3/t13-/m0/s1. The van der Waals surface area contributed by atoms with Crippen LogP contribution in [0.15, 0.2) is 18.3 Å². The summed E-state index contributed by atoms with van der Waals surface area (Å²) in [7, 11) is 1.82. The quantitative estimate of drug-likeness (QED) is 0.723. The average molecular weight is 392 g/mol. The molecule has 1 aliphatic rings. The average Bonchev–Trinajstić information content (AvgIpc) is 2.85. The van der Waals surface area contributed by atoms with Gasteiger partial charge in [-0.2, -0.15) is 0 Å². The molecule has 0 aliphatic carbocycles. The van der Waals surface area contributed by atoms with E-state index in [4.69, 9.17) is 16.3 Å². The van der Waals surface area contributed by atoms with E-state index < -0.39 is 5.60 Å². The molecule has 2 aromatic heterocycles. The summed E-state index contributed by atoms with van der Waals surface area (Å²) >= 11 is 5.91. The van der Waals surface area contributed by atoms with E-state index in [1.165, 1.54) is 0 Å². The van der Waals surface area contributed by atoms with Crippen molar-refractivity contribution in [1.29, 1.82) is 0 Å². The van der Waals surface area contributed by atoms with Gasteiger partial charge in [0, 0.05) is 26.2 Å². The second-order valence-corrected chi connectivity index (χ2v) is 8.26. The number of nitrogens with zero attached hydrogens (tertiary/aromatic N) is 5. The number of pyridine rings is 1. The lowest BCUT2D eigenvalue weighted by atomic mass is 10.1. The highest BCUT2D eigenvalue weighted by molar-refractivity contribution is 6.29. The van der Waals surface area contributed by atoms with Crippen LogP contribution in [-0.4, -0.2) is 57.7 Å². The van der Waals surface area contributed by atoms with E-state index in [-0.39, 0.29) is 12.1 Å². The van der Waals surface area contributed by atoms with Crippen molar-refractivity contribution in [3.63, 3.8) is 0 Å². The van der Waals surface area contributed by atoms with Crippen molar-refractivity contribution in [1.82, 2.24) is 19.9 Å². The van der Waals surface area contributed by atoms with Crippen LogP contribution in [0.2, 0.25) is 5.15 Å². The van der Waals surface area contributed by atoms with E-state index in [1.807, 2.05) is 33.9 Å². The molecule has 1 fully saturated rings. The Hall–Kier alpha value is -2.15. The number of carbonyl (C=O) groups excluding carboxylic acids is 1. The van der Waals surface area contributed by atoms with Gasteiger partial charge in [-0.1, -0.05) is 11.6 Å². The Labute approximate surface area is 164 Å². The summed E-state index contributed by atoms with van der Waals surface area (Å²) in [4.78, 5) is 29.5. The molecule has 1 aliphatic heterocycles. The fourth-order valence-electron chi connectivity index (χ4n) is 3.20. The molecule has 0 saturated carbocycles. The molecule has 2 aromatic rings. The van der Waals surface area contributed by atoms with Gasteiger partial charge in [0.15, 0.2) is 5.65 Å². The molecule has 0 bridgehead atoms. The maximum atomic E-state index is 12.3. The molecule has 0 unspecified atom stereocenters.